The van der Waals surface area contributed by atoms with Crippen LogP contribution < -0.4 is 0 Å². The van der Waals surface area contributed by atoms with Crippen LogP contribution in [-0.2, 0) is 43.1 Å². The summed E-state index contributed by atoms with van der Waals surface area (Å²) in [5.41, 5.74) is 0. The molecule has 0 unspecified atom stereocenters. The van der Waals surface area contributed by atoms with Crippen LogP contribution >= 0.6 is 0 Å². The Morgan fingerprint density at radius 2 is 1.59 bits per heavy atom. The number of esters is 3. The first-order valence-electron chi connectivity index (χ1n) is 6.78. The molecular formula is C13H18O9. The zero-order valence-electron chi connectivity index (χ0n) is 12.5. The quantitative estimate of drug-likeness (QED) is 0.296. The molecule has 3 atom stereocenters. The van der Waals surface area contributed by atoms with Gasteiger partial charge in [0, 0.05) is 27.2 Å². The topological polar surface area (TPSA) is 113 Å². The van der Waals surface area contributed by atoms with Crippen molar-refractivity contribution in [2.75, 3.05) is 13.2 Å². The highest BCUT2D eigenvalue weighted by molar-refractivity contribution is 5.67. The summed E-state index contributed by atoms with van der Waals surface area (Å²) in [5, 5.41) is 0. The van der Waals surface area contributed by atoms with Gasteiger partial charge in [-0.3, -0.25) is 14.4 Å². The summed E-state index contributed by atoms with van der Waals surface area (Å²) in [4.78, 5) is 43.1. The van der Waals surface area contributed by atoms with Crippen LogP contribution in [0.25, 0.3) is 0 Å². The van der Waals surface area contributed by atoms with Gasteiger partial charge >= 0.3 is 17.9 Å². The van der Waals surface area contributed by atoms with Crippen LogP contribution in [0, 0.1) is 0 Å². The largest absolute Gasteiger partial charge is 0.463 e. The molecule has 0 N–H and O–H groups in total. The first kappa shape index (κ1) is 16.7. The summed E-state index contributed by atoms with van der Waals surface area (Å²) in [6.45, 7) is 3.62. The molecule has 2 aliphatic rings. The first-order valence-corrected chi connectivity index (χ1v) is 6.78. The Kier molecular flexibility index (Phi) is 4.99. The highest BCUT2D eigenvalue weighted by Gasteiger charge is 2.65. The fourth-order valence-electron chi connectivity index (χ4n) is 2.28. The molecule has 0 amide bonds. The maximum absolute atomic E-state index is 11.2. The molecule has 0 saturated carbocycles. The third-order valence-electron chi connectivity index (χ3n) is 3.16. The molecule has 9 nitrogen and oxygen atoms in total. The molecule has 2 fully saturated rings. The second-order valence-electron chi connectivity index (χ2n) is 5.11. The minimum Gasteiger partial charge on any atom is -0.463 e. The fraction of sp³-hybridized carbons (Fsp3) is 0.769. The Balaban J connectivity index is 2.06. The van der Waals surface area contributed by atoms with Gasteiger partial charge in [0.2, 0.25) is 0 Å². The highest BCUT2D eigenvalue weighted by atomic mass is 17.4. The van der Waals surface area contributed by atoms with Crippen LogP contribution in [0.1, 0.15) is 27.2 Å². The Morgan fingerprint density at radius 1 is 1.00 bits per heavy atom. The summed E-state index contributed by atoms with van der Waals surface area (Å²) < 4.78 is 20.7. The number of hydrogen-bond donors (Lipinski definition) is 0. The molecule has 2 rings (SSSR count). The molecule has 0 bridgehead atoms. The normalized spacial score (nSPS) is 28.8. The van der Waals surface area contributed by atoms with Crippen molar-refractivity contribution < 1.29 is 43.1 Å². The lowest BCUT2D eigenvalue weighted by atomic mass is 9.95. The van der Waals surface area contributed by atoms with E-state index in [4.69, 9.17) is 28.7 Å². The summed E-state index contributed by atoms with van der Waals surface area (Å²) in [6.07, 6.45) is -1.98. The molecule has 2 aliphatic heterocycles. The van der Waals surface area contributed by atoms with E-state index in [1.807, 2.05) is 0 Å². The van der Waals surface area contributed by atoms with Crippen molar-refractivity contribution in [2.45, 2.75) is 51.3 Å². The van der Waals surface area contributed by atoms with Crippen molar-refractivity contribution in [2.24, 2.45) is 0 Å². The molecule has 1 spiro atoms. The van der Waals surface area contributed by atoms with Crippen molar-refractivity contribution in [3.63, 3.8) is 0 Å². The first-order chi connectivity index (χ1) is 10.3. The summed E-state index contributed by atoms with van der Waals surface area (Å²) >= 11 is 0. The van der Waals surface area contributed by atoms with Gasteiger partial charge in [0.25, 0.3) is 5.79 Å². The highest BCUT2D eigenvalue weighted by Crippen LogP contribution is 2.45. The van der Waals surface area contributed by atoms with Crippen LogP contribution in [0.2, 0.25) is 0 Å². The van der Waals surface area contributed by atoms with E-state index in [1.54, 1.807) is 0 Å². The minimum atomic E-state index is -1.15. The number of carbonyl (C=O) groups excluding carboxylic acids is 3. The zero-order chi connectivity index (χ0) is 16.3. The standard InChI is InChI=1S/C13H18O9/c1-7(14)17-5-10-4-13(21-22-13)12(19-9(3)16)11(20-10)6-18-8(2)15/h10-12H,4-6H2,1-3H3/t10-,11-,12+/m1/s1. The van der Waals surface area contributed by atoms with Crippen LogP contribution in [0.3, 0.4) is 0 Å². The van der Waals surface area contributed by atoms with E-state index in [2.05, 4.69) is 0 Å². The van der Waals surface area contributed by atoms with E-state index in [0.717, 1.165) is 0 Å². The van der Waals surface area contributed by atoms with Gasteiger partial charge < -0.3 is 18.9 Å². The van der Waals surface area contributed by atoms with Crippen LogP contribution in [0.15, 0.2) is 0 Å². The maximum Gasteiger partial charge on any atom is 0.303 e. The average molecular weight is 318 g/mol. The molecule has 0 aliphatic carbocycles. The van der Waals surface area contributed by atoms with Gasteiger partial charge in [-0.25, -0.2) is 0 Å². The second kappa shape index (κ2) is 6.59. The van der Waals surface area contributed by atoms with Crippen molar-refractivity contribution in [3.8, 4) is 0 Å². The Bertz CT molecular complexity index is 456. The van der Waals surface area contributed by atoms with E-state index in [0.29, 0.717) is 0 Å². The van der Waals surface area contributed by atoms with Gasteiger partial charge in [-0.1, -0.05) is 0 Å². The van der Waals surface area contributed by atoms with E-state index >= 15 is 0 Å². The number of hydrogen-bond acceptors (Lipinski definition) is 9. The maximum atomic E-state index is 11.2. The van der Waals surface area contributed by atoms with Gasteiger partial charge in [-0.15, -0.1) is 0 Å². The summed E-state index contributed by atoms with van der Waals surface area (Å²) in [5.74, 6) is -2.65. The van der Waals surface area contributed by atoms with Gasteiger partial charge in [0.1, 0.15) is 19.3 Å². The van der Waals surface area contributed by atoms with Gasteiger partial charge in [-0.2, -0.15) is 9.78 Å². The Labute approximate surface area is 126 Å². The van der Waals surface area contributed by atoms with Crippen molar-refractivity contribution in [3.05, 3.63) is 0 Å². The molecule has 124 valence electrons. The lowest BCUT2D eigenvalue weighted by Crippen LogP contribution is -2.55. The van der Waals surface area contributed by atoms with Crippen LogP contribution in [-0.4, -0.2) is 55.2 Å². The van der Waals surface area contributed by atoms with Crippen molar-refractivity contribution in [1.82, 2.24) is 0 Å². The Morgan fingerprint density at radius 3 is 2.09 bits per heavy atom. The number of ether oxygens (including phenoxy) is 4. The SMILES string of the molecule is CC(=O)OC[C@H]1CC2(OO2)[C@@H](OC(C)=O)[C@@H](COC(C)=O)O1. The third-order valence-corrected chi connectivity index (χ3v) is 3.16. The molecule has 9 heteroatoms. The molecule has 0 aromatic heterocycles. The predicted molar refractivity (Wildman–Crippen MR) is 67.0 cm³/mol. The molecule has 0 radical (unpaired) electrons. The predicted octanol–water partition coefficient (Wildman–Crippen LogP) is -0.140. The lowest BCUT2D eigenvalue weighted by Gasteiger charge is -2.36. The van der Waals surface area contributed by atoms with E-state index in [-0.39, 0.29) is 19.6 Å². The molecule has 22 heavy (non-hydrogen) atoms. The number of carbonyl (C=O) groups is 3. The van der Waals surface area contributed by atoms with Crippen molar-refractivity contribution in [1.29, 1.82) is 0 Å². The van der Waals surface area contributed by atoms with Crippen LogP contribution in [0.4, 0.5) is 0 Å². The second-order valence-corrected chi connectivity index (χ2v) is 5.11. The molecule has 0 aromatic rings. The fourth-order valence-corrected chi connectivity index (χ4v) is 2.28. The molecule has 0 aromatic carbocycles. The summed E-state index contributed by atoms with van der Waals surface area (Å²) in [7, 11) is 0. The third kappa shape index (κ3) is 4.15. The van der Waals surface area contributed by atoms with Crippen molar-refractivity contribution >= 4 is 17.9 Å². The molecule has 2 saturated heterocycles. The Hall–Kier alpha value is -1.71. The minimum absolute atomic E-state index is 0.00678. The van der Waals surface area contributed by atoms with Gasteiger partial charge in [-0.05, 0) is 0 Å². The van der Waals surface area contributed by atoms with Gasteiger partial charge in [0.05, 0.1) is 6.10 Å². The summed E-state index contributed by atoms with van der Waals surface area (Å²) in [6, 6.07) is 0. The van der Waals surface area contributed by atoms with E-state index in [9.17, 15) is 14.4 Å². The van der Waals surface area contributed by atoms with E-state index in [1.165, 1.54) is 20.8 Å². The number of rotatable bonds is 5. The zero-order valence-corrected chi connectivity index (χ0v) is 12.5. The van der Waals surface area contributed by atoms with E-state index < -0.39 is 42.0 Å². The smallest absolute Gasteiger partial charge is 0.303 e. The van der Waals surface area contributed by atoms with Gasteiger partial charge in [0.15, 0.2) is 6.10 Å². The molecular weight excluding hydrogens is 300 g/mol. The lowest BCUT2D eigenvalue weighted by molar-refractivity contribution is -0.207. The molecule has 2 heterocycles. The van der Waals surface area contributed by atoms with Crippen LogP contribution in [0.5, 0.6) is 0 Å². The average Bonchev–Trinajstić information content (AvgIpc) is 3.17. The monoisotopic (exact) mass is 318 g/mol.